The summed E-state index contributed by atoms with van der Waals surface area (Å²) < 4.78 is 0. The highest BCUT2D eigenvalue weighted by atomic mass is 16.1. The Labute approximate surface area is 159 Å². The van der Waals surface area contributed by atoms with Gasteiger partial charge in [0.1, 0.15) is 0 Å². The van der Waals surface area contributed by atoms with E-state index >= 15 is 0 Å². The van der Waals surface area contributed by atoms with E-state index in [-0.39, 0.29) is 11.6 Å². The zero-order valence-corrected chi connectivity index (χ0v) is 16.9. The van der Waals surface area contributed by atoms with E-state index in [1.807, 2.05) is 0 Å². The Hall–Kier alpha value is -1.38. The van der Waals surface area contributed by atoms with Crippen LogP contribution in [0.3, 0.4) is 0 Å². The van der Waals surface area contributed by atoms with Crippen molar-refractivity contribution < 1.29 is 9.59 Å². The van der Waals surface area contributed by atoms with Crippen LogP contribution < -0.4 is 5.32 Å². The van der Waals surface area contributed by atoms with E-state index in [1.165, 1.54) is 51.4 Å². The summed E-state index contributed by atoms with van der Waals surface area (Å²) in [5, 5.41) is 3.03. The van der Waals surface area contributed by atoms with Gasteiger partial charge >= 0.3 is 0 Å². The van der Waals surface area contributed by atoms with Crippen LogP contribution in [-0.4, -0.2) is 18.6 Å². The van der Waals surface area contributed by atoms with Crippen LogP contribution in [0.15, 0.2) is 22.4 Å². The SMILES string of the molecule is CCCCCCCCCCCCC1=C(NC)C(=O)C2=C(CCCC2)C1=O. The first-order valence-electron chi connectivity index (χ1n) is 10.9. The van der Waals surface area contributed by atoms with Gasteiger partial charge in [0.05, 0.1) is 5.70 Å². The van der Waals surface area contributed by atoms with Crippen molar-refractivity contribution >= 4 is 11.6 Å². The van der Waals surface area contributed by atoms with E-state index in [1.54, 1.807) is 7.05 Å². The molecule has 0 fully saturated rings. The summed E-state index contributed by atoms with van der Waals surface area (Å²) in [6.45, 7) is 2.26. The van der Waals surface area contributed by atoms with Gasteiger partial charge in [0.25, 0.3) is 0 Å². The maximum absolute atomic E-state index is 12.9. The van der Waals surface area contributed by atoms with Gasteiger partial charge in [0.15, 0.2) is 5.78 Å². The molecule has 0 aromatic carbocycles. The molecule has 26 heavy (non-hydrogen) atoms. The van der Waals surface area contributed by atoms with Crippen molar-refractivity contribution in [1.29, 1.82) is 0 Å². The van der Waals surface area contributed by atoms with Crippen LogP contribution in [0.1, 0.15) is 103 Å². The zero-order chi connectivity index (χ0) is 18.8. The van der Waals surface area contributed by atoms with E-state index in [0.29, 0.717) is 5.70 Å². The lowest BCUT2D eigenvalue weighted by Crippen LogP contribution is -2.31. The fourth-order valence-electron chi connectivity index (χ4n) is 4.28. The van der Waals surface area contributed by atoms with Gasteiger partial charge in [-0.1, -0.05) is 64.7 Å². The van der Waals surface area contributed by atoms with E-state index < -0.39 is 0 Å². The molecule has 1 N–H and O–H groups in total. The van der Waals surface area contributed by atoms with E-state index in [2.05, 4.69) is 12.2 Å². The lowest BCUT2D eigenvalue weighted by Gasteiger charge is -2.26. The first kappa shape index (κ1) is 20.9. The number of carbonyl (C=O) groups is 2. The number of Topliss-reactive ketones (excluding diaryl/α,β-unsaturated/α-hetero) is 2. The number of carbonyl (C=O) groups excluding carboxylic acids is 2. The number of hydrogen-bond acceptors (Lipinski definition) is 3. The van der Waals surface area contributed by atoms with Crippen LogP contribution in [0.5, 0.6) is 0 Å². The Bertz CT molecular complexity index is 557. The fraction of sp³-hybridized carbons (Fsp3) is 0.739. The van der Waals surface area contributed by atoms with E-state index in [9.17, 15) is 9.59 Å². The second-order valence-electron chi connectivity index (χ2n) is 7.86. The van der Waals surface area contributed by atoms with Crippen molar-refractivity contribution in [2.75, 3.05) is 7.05 Å². The van der Waals surface area contributed by atoms with Crippen LogP contribution in [-0.2, 0) is 9.59 Å². The van der Waals surface area contributed by atoms with Gasteiger partial charge in [-0.3, -0.25) is 9.59 Å². The minimum absolute atomic E-state index is 0.0869. The summed E-state index contributed by atoms with van der Waals surface area (Å²) >= 11 is 0. The average Bonchev–Trinajstić information content (AvgIpc) is 2.67. The summed E-state index contributed by atoms with van der Waals surface area (Å²) in [7, 11) is 1.77. The molecule has 2 rings (SSSR count). The highest BCUT2D eigenvalue weighted by Crippen LogP contribution is 2.35. The topological polar surface area (TPSA) is 46.2 Å². The van der Waals surface area contributed by atoms with E-state index in [4.69, 9.17) is 0 Å². The predicted octanol–water partition coefficient (Wildman–Crippen LogP) is 5.79. The Kier molecular flexibility index (Phi) is 9.14. The fourth-order valence-corrected chi connectivity index (χ4v) is 4.28. The first-order chi connectivity index (χ1) is 12.7. The zero-order valence-electron chi connectivity index (χ0n) is 16.9. The molecule has 2 aliphatic carbocycles. The monoisotopic (exact) mass is 359 g/mol. The first-order valence-corrected chi connectivity index (χ1v) is 10.9. The second kappa shape index (κ2) is 11.4. The quantitative estimate of drug-likeness (QED) is 0.354. The van der Waals surface area contributed by atoms with Crippen LogP contribution in [0.25, 0.3) is 0 Å². The smallest absolute Gasteiger partial charge is 0.205 e. The van der Waals surface area contributed by atoms with Crippen LogP contribution in [0.4, 0.5) is 0 Å². The van der Waals surface area contributed by atoms with Gasteiger partial charge in [-0.05, 0) is 38.5 Å². The molecular weight excluding hydrogens is 322 g/mol. The number of allylic oxidation sites excluding steroid dienone is 3. The lowest BCUT2D eigenvalue weighted by molar-refractivity contribution is -0.117. The van der Waals surface area contributed by atoms with Crippen LogP contribution in [0, 0.1) is 0 Å². The normalized spacial score (nSPS) is 17.8. The Morgan fingerprint density at radius 1 is 0.731 bits per heavy atom. The molecule has 0 radical (unpaired) electrons. The summed E-state index contributed by atoms with van der Waals surface area (Å²) in [5.74, 6) is 0.239. The molecule has 0 heterocycles. The van der Waals surface area contributed by atoms with Crippen LogP contribution in [0.2, 0.25) is 0 Å². The van der Waals surface area contributed by atoms with Crippen molar-refractivity contribution in [3.8, 4) is 0 Å². The second-order valence-corrected chi connectivity index (χ2v) is 7.86. The minimum atomic E-state index is 0.0869. The van der Waals surface area contributed by atoms with Crippen molar-refractivity contribution in [3.05, 3.63) is 22.4 Å². The molecule has 2 aliphatic rings. The summed E-state index contributed by atoms with van der Waals surface area (Å²) in [6.07, 6.45) is 17.2. The number of nitrogens with one attached hydrogen (secondary N) is 1. The Morgan fingerprint density at radius 3 is 1.77 bits per heavy atom. The minimum Gasteiger partial charge on any atom is -0.385 e. The van der Waals surface area contributed by atoms with Crippen molar-refractivity contribution in [3.63, 3.8) is 0 Å². The van der Waals surface area contributed by atoms with Gasteiger partial charge < -0.3 is 5.32 Å². The molecule has 146 valence electrons. The van der Waals surface area contributed by atoms with Gasteiger partial charge in [0.2, 0.25) is 5.78 Å². The highest BCUT2D eigenvalue weighted by molar-refractivity contribution is 6.25. The third-order valence-electron chi connectivity index (χ3n) is 5.85. The highest BCUT2D eigenvalue weighted by Gasteiger charge is 2.34. The third-order valence-corrected chi connectivity index (χ3v) is 5.85. The van der Waals surface area contributed by atoms with Crippen LogP contribution >= 0.6 is 0 Å². The van der Waals surface area contributed by atoms with Crippen molar-refractivity contribution in [2.45, 2.75) is 103 Å². The molecule has 0 aliphatic heterocycles. The largest absolute Gasteiger partial charge is 0.385 e. The molecule has 0 spiro atoms. The number of likely N-dealkylation sites (N-methyl/N-ethyl adjacent to an activating group) is 1. The van der Waals surface area contributed by atoms with E-state index in [0.717, 1.165) is 61.7 Å². The predicted molar refractivity (Wildman–Crippen MR) is 108 cm³/mol. The average molecular weight is 360 g/mol. The number of rotatable bonds is 12. The summed E-state index contributed by atoms with van der Waals surface area (Å²) in [6, 6.07) is 0. The van der Waals surface area contributed by atoms with Gasteiger partial charge in [-0.25, -0.2) is 0 Å². The molecule has 0 aromatic rings. The Balaban J connectivity index is 1.74. The molecule has 0 unspecified atom stereocenters. The molecule has 0 bridgehead atoms. The molecular formula is C23H37NO2. The summed E-state index contributed by atoms with van der Waals surface area (Å²) in [4.78, 5) is 25.6. The molecule has 3 nitrogen and oxygen atoms in total. The summed E-state index contributed by atoms with van der Waals surface area (Å²) in [5.41, 5.74) is 2.93. The maximum Gasteiger partial charge on any atom is 0.205 e. The molecule has 0 amide bonds. The van der Waals surface area contributed by atoms with Crippen molar-refractivity contribution in [1.82, 2.24) is 5.32 Å². The number of ketones is 2. The third kappa shape index (κ3) is 5.56. The lowest BCUT2D eigenvalue weighted by atomic mass is 9.78. The number of hydrogen-bond donors (Lipinski definition) is 1. The molecule has 0 saturated carbocycles. The standard InChI is InChI=1S/C23H37NO2/c1-3-4-5-6-7-8-9-10-11-12-17-20-21(24-2)23(26)19-16-14-13-15-18(19)22(20)25/h24H,3-17H2,1-2H3. The molecule has 0 atom stereocenters. The van der Waals surface area contributed by atoms with Gasteiger partial charge in [-0.2, -0.15) is 0 Å². The number of unbranched alkanes of at least 4 members (excludes halogenated alkanes) is 9. The van der Waals surface area contributed by atoms with Gasteiger partial charge in [-0.15, -0.1) is 0 Å². The molecule has 3 heteroatoms. The Morgan fingerprint density at radius 2 is 1.23 bits per heavy atom. The maximum atomic E-state index is 12.9. The van der Waals surface area contributed by atoms with Gasteiger partial charge in [0, 0.05) is 23.8 Å². The molecule has 0 saturated heterocycles. The van der Waals surface area contributed by atoms with Crippen molar-refractivity contribution in [2.24, 2.45) is 0 Å². The molecule has 0 aromatic heterocycles.